The van der Waals surface area contributed by atoms with Crippen molar-refractivity contribution in [2.45, 2.75) is 12.7 Å². The van der Waals surface area contributed by atoms with E-state index in [2.05, 4.69) is 10.3 Å². The molecule has 1 heterocycles. The smallest absolute Gasteiger partial charge is 0.416 e. The number of hydrogen-bond donors (Lipinski definition) is 1. The van der Waals surface area contributed by atoms with Gasteiger partial charge in [0.25, 0.3) is 0 Å². The van der Waals surface area contributed by atoms with Crippen LogP contribution >= 0.6 is 0 Å². The molecule has 0 aliphatic heterocycles. The monoisotopic (exact) mass is 256 g/mol. The van der Waals surface area contributed by atoms with Crippen LogP contribution in [0.3, 0.4) is 0 Å². The van der Waals surface area contributed by atoms with Gasteiger partial charge in [0.1, 0.15) is 5.69 Å². The molecular formula is C12H11F3N2O. The van der Waals surface area contributed by atoms with E-state index in [4.69, 9.17) is 4.42 Å². The second kappa shape index (κ2) is 4.81. The lowest BCUT2D eigenvalue weighted by molar-refractivity contribution is -0.137. The molecule has 1 N–H and O–H groups in total. The fourth-order valence-corrected chi connectivity index (χ4v) is 1.61. The van der Waals surface area contributed by atoms with Crippen LogP contribution in [0.15, 0.2) is 35.1 Å². The quantitative estimate of drug-likeness (QED) is 0.917. The molecule has 0 aliphatic rings. The van der Waals surface area contributed by atoms with E-state index in [1.54, 1.807) is 7.05 Å². The molecule has 0 amide bonds. The minimum atomic E-state index is -4.33. The Labute approximate surface area is 102 Å². The summed E-state index contributed by atoms with van der Waals surface area (Å²) in [5.41, 5.74) is 0.559. The Hall–Kier alpha value is -1.82. The molecule has 18 heavy (non-hydrogen) atoms. The number of hydrogen-bond acceptors (Lipinski definition) is 3. The Morgan fingerprint density at radius 1 is 1.22 bits per heavy atom. The third-order valence-corrected chi connectivity index (χ3v) is 2.46. The zero-order valence-electron chi connectivity index (χ0n) is 9.58. The first-order valence-corrected chi connectivity index (χ1v) is 5.27. The van der Waals surface area contributed by atoms with Crippen LogP contribution in [0.1, 0.15) is 11.3 Å². The van der Waals surface area contributed by atoms with Gasteiger partial charge >= 0.3 is 6.18 Å². The van der Waals surface area contributed by atoms with Crippen molar-refractivity contribution in [3.05, 3.63) is 41.9 Å². The molecule has 0 aliphatic carbocycles. The van der Waals surface area contributed by atoms with Gasteiger partial charge in [0.05, 0.1) is 5.56 Å². The molecule has 0 radical (unpaired) electrons. The van der Waals surface area contributed by atoms with E-state index >= 15 is 0 Å². The van der Waals surface area contributed by atoms with Crippen LogP contribution in [0.25, 0.3) is 11.3 Å². The molecule has 1 aromatic carbocycles. The fourth-order valence-electron chi connectivity index (χ4n) is 1.61. The highest BCUT2D eigenvalue weighted by molar-refractivity contribution is 5.60. The zero-order chi connectivity index (χ0) is 13.2. The minimum Gasteiger partial charge on any atom is -0.443 e. The standard InChI is InChI=1S/C12H11F3N2O/c1-16-6-10-11(18-7-17-10)8-2-4-9(5-3-8)12(13,14)15/h2-5,7,16H,6H2,1H3. The summed E-state index contributed by atoms with van der Waals surface area (Å²) < 4.78 is 42.4. The van der Waals surface area contributed by atoms with Crippen molar-refractivity contribution in [3.63, 3.8) is 0 Å². The van der Waals surface area contributed by atoms with E-state index in [-0.39, 0.29) is 0 Å². The molecule has 0 unspecified atom stereocenters. The van der Waals surface area contributed by atoms with E-state index in [0.717, 1.165) is 12.1 Å². The molecule has 1 aromatic heterocycles. The van der Waals surface area contributed by atoms with Gasteiger partial charge in [0, 0.05) is 12.1 Å². The van der Waals surface area contributed by atoms with Gasteiger partial charge in [0.15, 0.2) is 12.2 Å². The largest absolute Gasteiger partial charge is 0.443 e. The molecule has 2 rings (SSSR count). The molecule has 0 spiro atoms. The summed E-state index contributed by atoms with van der Waals surface area (Å²) in [5, 5.41) is 2.91. The number of halogens is 3. The van der Waals surface area contributed by atoms with Crippen LogP contribution in [0.4, 0.5) is 13.2 Å². The summed E-state index contributed by atoms with van der Waals surface area (Å²) in [6.45, 7) is 0.493. The third kappa shape index (κ3) is 2.53. The van der Waals surface area contributed by atoms with Crippen LogP contribution in [0.2, 0.25) is 0 Å². The summed E-state index contributed by atoms with van der Waals surface area (Å²) in [4.78, 5) is 4.00. The lowest BCUT2D eigenvalue weighted by atomic mass is 10.1. The van der Waals surface area contributed by atoms with Gasteiger partial charge < -0.3 is 9.73 Å². The average molecular weight is 256 g/mol. The van der Waals surface area contributed by atoms with Crippen molar-refractivity contribution >= 4 is 0 Å². The summed E-state index contributed by atoms with van der Waals surface area (Å²) in [5.74, 6) is 0.484. The van der Waals surface area contributed by atoms with Crippen LogP contribution in [0.5, 0.6) is 0 Å². The number of benzene rings is 1. The van der Waals surface area contributed by atoms with E-state index in [9.17, 15) is 13.2 Å². The Kier molecular flexibility index (Phi) is 3.38. The van der Waals surface area contributed by atoms with Crippen molar-refractivity contribution in [2.75, 3.05) is 7.05 Å². The van der Waals surface area contributed by atoms with Crippen LogP contribution < -0.4 is 5.32 Å². The second-order valence-electron chi connectivity index (χ2n) is 3.73. The van der Waals surface area contributed by atoms with Gasteiger partial charge in [-0.3, -0.25) is 0 Å². The van der Waals surface area contributed by atoms with E-state index < -0.39 is 11.7 Å². The highest BCUT2D eigenvalue weighted by atomic mass is 19.4. The zero-order valence-corrected chi connectivity index (χ0v) is 9.58. The Balaban J connectivity index is 2.32. The molecule has 0 saturated heterocycles. The first-order valence-electron chi connectivity index (χ1n) is 5.27. The first kappa shape index (κ1) is 12.6. The minimum absolute atomic E-state index is 0.484. The SMILES string of the molecule is CNCc1ncoc1-c1ccc(C(F)(F)F)cc1. The molecule has 96 valence electrons. The average Bonchev–Trinajstić information content (AvgIpc) is 2.77. The van der Waals surface area contributed by atoms with Gasteiger partial charge in [0.2, 0.25) is 0 Å². The number of nitrogens with one attached hydrogen (secondary N) is 1. The van der Waals surface area contributed by atoms with E-state index in [1.165, 1.54) is 18.5 Å². The molecule has 0 atom stereocenters. The Morgan fingerprint density at radius 3 is 2.44 bits per heavy atom. The van der Waals surface area contributed by atoms with Crippen molar-refractivity contribution in [3.8, 4) is 11.3 Å². The Bertz CT molecular complexity index is 517. The fraction of sp³-hybridized carbons (Fsp3) is 0.250. The number of oxazole rings is 1. The summed E-state index contributed by atoms with van der Waals surface area (Å²) in [7, 11) is 1.76. The first-order chi connectivity index (χ1) is 8.52. The van der Waals surface area contributed by atoms with E-state index in [1.807, 2.05) is 0 Å². The van der Waals surface area contributed by atoms with Crippen molar-refractivity contribution in [1.29, 1.82) is 0 Å². The lowest BCUT2D eigenvalue weighted by Crippen LogP contribution is -2.06. The van der Waals surface area contributed by atoms with Gasteiger partial charge in [-0.1, -0.05) is 12.1 Å². The highest BCUT2D eigenvalue weighted by Crippen LogP contribution is 2.31. The van der Waals surface area contributed by atoms with Gasteiger partial charge in [-0.25, -0.2) is 4.98 Å². The lowest BCUT2D eigenvalue weighted by Gasteiger charge is -2.07. The summed E-state index contributed by atoms with van der Waals surface area (Å²) in [6.07, 6.45) is -3.05. The maximum Gasteiger partial charge on any atom is 0.416 e. The molecule has 6 heteroatoms. The molecule has 0 saturated carbocycles. The van der Waals surface area contributed by atoms with Crippen LogP contribution in [-0.2, 0) is 12.7 Å². The maximum absolute atomic E-state index is 12.4. The van der Waals surface area contributed by atoms with Crippen molar-refractivity contribution in [1.82, 2.24) is 10.3 Å². The van der Waals surface area contributed by atoms with Gasteiger partial charge in [-0.05, 0) is 19.2 Å². The normalized spacial score (nSPS) is 11.8. The highest BCUT2D eigenvalue weighted by Gasteiger charge is 2.30. The van der Waals surface area contributed by atoms with E-state index in [0.29, 0.717) is 23.6 Å². The van der Waals surface area contributed by atoms with Gasteiger partial charge in [-0.15, -0.1) is 0 Å². The van der Waals surface area contributed by atoms with Crippen molar-refractivity contribution < 1.29 is 17.6 Å². The second-order valence-corrected chi connectivity index (χ2v) is 3.73. The van der Waals surface area contributed by atoms with Crippen LogP contribution in [0, 0.1) is 0 Å². The van der Waals surface area contributed by atoms with Crippen LogP contribution in [-0.4, -0.2) is 12.0 Å². The van der Waals surface area contributed by atoms with Gasteiger partial charge in [-0.2, -0.15) is 13.2 Å². The molecule has 0 fully saturated rings. The summed E-state index contributed by atoms with van der Waals surface area (Å²) >= 11 is 0. The molecule has 0 bridgehead atoms. The number of aromatic nitrogens is 1. The Morgan fingerprint density at radius 2 is 1.89 bits per heavy atom. The molecular weight excluding hydrogens is 245 g/mol. The predicted octanol–water partition coefficient (Wildman–Crippen LogP) is 3.08. The number of alkyl halides is 3. The molecule has 2 aromatic rings. The number of nitrogens with zero attached hydrogens (tertiary/aromatic N) is 1. The number of rotatable bonds is 3. The topological polar surface area (TPSA) is 38.1 Å². The predicted molar refractivity (Wildman–Crippen MR) is 59.7 cm³/mol. The third-order valence-electron chi connectivity index (χ3n) is 2.46. The van der Waals surface area contributed by atoms with Crippen molar-refractivity contribution in [2.24, 2.45) is 0 Å². The summed E-state index contributed by atoms with van der Waals surface area (Å²) in [6, 6.07) is 4.81. The molecule has 3 nitrogen and oxygen atoms in total. The maximum atomic E-state index is 12.4.